The molecule has 3 nitrogen and oxygen atoms in total. The molecule has 13 heavy (non-hydrogen) atoms. The van der Waals surface area contributed by atoms with Crippen LogP contribution in [-0.2, 0) is 16.0 Å². The maximum atomic E-state index is 8.38. The summed E-state index contributed by atoms with van der Waals surface area (Å²) in [5.41, 5.74) is 1.21. The van der Waals surface area contributed by atoms with Crippen LogP contribution in [0.25, 0.3) is 0 Å². The summed E-state index contributed by atoms with van der Waals surface area (Å²) < 4.78 is 4.85. The van der Waals surface area contributed by atoms with E-state index >= 15 is 0 Å². The topological polar surface area (TPSA) is 38.7 Å². The molecule has 0 spiro atoms. The molecule has 1 aromatic rings. The van der Waals surface area contributed by atoms with E-state index < -0.39 is 6.29 Å². The zero-order valence-corrected chi connectivity index (χ0v) is 7.64. The van der Waals surface area contributed by atoms with Gasteiger partial charge in [-0.15, -0.1) is 0 Å². The zero-order chi connectivity index (χ0) is 9.52. The van der Waals surface area contributed by atoms with Crippen molar-refractivity contribution in [3.63, 3.8) is 0 Å². The normalized spacial score (nSPS) is 12.8. The molecule has 1 rings (SSSR count). The van der Waals surface area contributed by atoms with Crippen LogP contribution in [0.2, 0.25) is 0 Å². The molecule has 0 fully saturated rings. The van der Waals surface area contributed by atoms with Gasteiger partial charge in [0.15, 0.2) is 6.29 Å². The summed E-state index contributed by atoms with van der Waals surface area (Å²) in [7, 11) is 1.51. The Hall–Kier alpha value is -0.900. The van der Waals surface area contributed by atoms with Gasteiger partial charge < -0.3 is 4.74 Å². The van der Waals surface area contributed by atoms with Gasteiger partial charge in [-0.2, -0.15) is 0 Å². The van der Waals surface area contributed by atoms with Crippen LogP contribution in [0, 0.1) is 0 Å². The highest BCUT2D eigenvalue weighted by molar-refractivity contribution is 5.14. The van der Waals surface area contributed by atoms with Gasteiger partial charge in [-0.05, 0) is 12.0 Å². The summed E-state index contributed by atoms with van der Waals surface area (Å²) in [6.45, 7) is 0. The minimum Gasteiger partial charge on any atom is -0.353 e. The lowest BCUT2D eigenvalue weighted by Gasteiger charge is -2.10. The Kier molecular flexibility index (Phi) is 4.46. The van der Waals surface area contributed by atoms with E-state index in [4.69, 9.17) is 9.99 Å². The van der Waals surface area contributed by atoms with Gasteiger partial charge in [-0.1, -0.05) is 30.3 Å². The lowest BCUT2D eigenvalue weighted by atomic mass is 10.1. The molecular formula is C10H14O3. The molecule has 1 N–H and O–H groups in total. The molecule has 3 heteroatoms. The summed E-state index contributed by atoms with van der Waals surface area (Å²) in [4.78, 5) is 4.10. The monoisotopic (exact) mass is 182 g/mol. The molecule has 0 aliphatic rings. The highest BCUT2D eigenvalue weighted by Gasteiger charge is 2.06. The van der Waals surface area contributed by atoms with Crippen LogP contribution in [-0.4, -0.2) is 18.7 Å². The van der Waals surface area contributed by atoms with Crippen molar-refractivity contribution in [3.05, 3.63) is 35.9 Å². The summed E-state index contributed by atoms with van der Waals surface area (Å²) in [6, 6.07) is 10.0. The van der Waals surface area contributed by atoms with Gasteiger partial charge in [-0.3, -0.25) is 0 Å². The Labute approximate surface area is 77.8 Å². The first-order valence-corrected chi connectivity index (χ1v) is 4.23. The number of benzene rings is 1. The average Bonchev–Trinajstić information content (AvgIpc) is 2.21. The van der Waals surface area contributed by atoms with Crippen molar-refractivity contribution >= 4 is 0 Å². The second kappa shape index (κ2) is 5.70. The fourth-order valence-electron chi connectivity index (χ4n) is 1.14. The number of hydrogen-bond donors (Lipinski definition) is 1. The summed E-state index contributed by atoms with van der Waals surface area (Å²) >= 11 is 0. The van der Waals surface area contributed by atoms with E-state index in [1.54, 1.807) is 0 Å². The Bertz CT molecular complexity index is 219. The van der Waals surface area contributed by atoms with E-state index in [2.05, 4.69) is 4.89 Å². The van der Waals surface area contributed by atoms with Crippen LogP contribution in [0.15, 0.2) is 30.3 Å². The van der Waals surface area contributed by atoms with E-state index in [1.165, 1.54) is 12.7 Å². The Morgan fingerprint density at radius 2 is 2.00 bits per heavy atom. The molecule has 0 saturated heterocycles. The Balaban J connectivity index is 2.34. The molecule has 0 bridgehead atoms. The maximum absolute atomic E-state index is 8.38. The molecule has 0 heterocycles. The number of methoxy groups -OCH3 is 1. The van der Waals surface area contributed by atoms with Crippen molar-refractivity contribution in [1.82, 2.24) is 0 Å². The standard InChI is InChI=1S/C10H14O3/c1-12-10(13-11)8-7-9-5-3-2-4-6-9/h2-6,10-11H,7-8H2,1H3. The SMILES string of the molecule is COC(CCc1ccccc1)OO. The van der Waals surface area contributed by atoms with E-state index in [0.717, 1.165) is 6.42 Å². The highest BCUT2D eigenvalue weighted by atomic mass is 17.1. The Morgan fingerprint density at radius 1 is 1.31 bits per heavy atom. The van der Waals surface area contributed by atoms with E-state index in [-0.39, 0.29) is 0 Å². The molecule has 1 aromatic carbocycles. The molecular weight excluding hydrogens is 168 g/mol. The van der Waals surface area contributed by atoms with Gasteiger partial charge in [0.25, 0.3) is 0 Å². The van der Waals surface area contributed by atoms with Gasteiger partial charge in [0.05, 0.1) is 0 Å². The first-order chi connectivity index (χ1) is 6.36. The second-order valence-electron chi connectivity index (χ2n) is 2.79. The van der Waals surface area contributed by atoms with Crippen molar-refractivity contribution in [2.75, 3.05) is 7.11 Å². The molecule has 1 atom stereocenters. The summed E-state index contributed by atoms with van der Waals surface area (Å²) in [5.74, 6) is 0. The predicted octanol–water partition coefficient (Wildman–Crippen LogP) is 2.08. The number of hydrogen-bond acceptors (Lipinski definition) is 3. The number of aryl methyl sites for hydroxylation is 1. The van der Waals surface area contributed by atoms with E-state index in [1.807, 2.05) is 30.3 Å². The van der Waals surface area contributed by atoms with Crippen LogP contribution < -0.4 is 0 Å². The quantitative estimate of drug-likeness (QED) is 0.430. The van der Waals surface area contributed by atoms with E-state index in [9.17, 15) is 0 Å². The molecule has 72 valence electrons. The third-order valence-corrected chi connectivity index (χ3v) is 1.89. The van der Waals surface area contributed by atoms with Crippen molar-refractivity contribution < 1.29 is 14.9 Å². The Morgan fingerprint density at radius 3 is 2.54 bits per heavy atom. The van der Waals surface area contributed by atoms with E-state index in [0.29, 0.717) is 6.42 Å². The second-order valence-corrected chi connectivity index (χ2v) is 2.79. The first kappa shape index (κ1) is 10.2. The van der Waals surface area contributed by atoms with Crippen LogP contribution in [0.5, 0.6) is 0 Å². The minimum absolute atomic E-state index is 0.528. The fraction of sp³-hybridized carbons (Fsp3) is 0.400. The zero-order valence-electron chi connectivity index (χ0n) is 7.64. The lowest BCUT2D eigenvalue weighted by molar-refractivity contribution is -0.341. The molecule has 1 unspecified atom stereocenters. The summed E-state index contributed by atoms with van der Waals surface area (Å²) in [5, 5.41) is 8.38. The minimum atomic E-state index is -0.528. The smallest absolute Gasteiger partial charge is 0.190 e. The number of ether oxygens (including phenoxy) is 1. The van der Waals surface area contributed by atoms with Gasteiger partial charge >= 0.3 is 0 Å². The molecule has 0 amide bonds. The molecule has 0 aliphatic carbocycles. The molecule has 0 aliphatic heterocycles. The van der Waals surface area contributed by atoms with Gasteiger partial charge in [-0.25, -0.2) is 10.1 Å². The third-order valence-electron chi connectivity index (χ3n) is 1.89. The highest BCUT2D eigenvalue weighted by Crippen LogP contribution is 2.06. The third kappa shape index (κ3) is 3.55. The number of rotatable bonds is 5. The molecule has 0 radical (unpaired) electrons. The van der Waals surface area contributed by atoms with Crippen molar-refractivity contribution in [2.24, 2.45) is 0 Å². The van der Waals surface area contributed by atoms with Gasteiger partial charge in [0, 0.05) is 13.5 Å². The largest absolute Gasteiger partial charge is 0.353 e. The van der Waals surface area contributed by atoms with Crippen LogP contribution in [0.3, 0.4) is 0 Å². The van der Waals surface area contributed by atoms with Crippen molar-refractivity contribution in [1.29, 1.82) is 0 Å². The van der Waals surface area contributed by atoms with Crippen LogP contribution >= 0.6 is 0 Å². The molecule has 0 saturated carbocycles. The first-order valence-electron chi connectivity index (χ1n) is 4.23. The summed E-state index contributed by atoms with van der Waals surface area (Å²) in [6.07, 6.45) is 0.955. The molecule has 0 aromatic heterocycles. The van der Waals surface area contributed by atoms with Crippen LogP contribution in [0.4, 0.5) is 0 Å². The maximum Gasteiger partial charge on any atom is 0.190 e. The van der Waals surface area contributed by atoms with Gasteiger partial charge in [0.2, 0.25) is 0 Å². The van der Waals surface area contributed by atoms with Crippen molar-refractivity contribution in [2.45, 2.75) is 19.1 Å². The van der Waals surface area contributed by atoms with Crippen molar-refractivity contribution in [3.8, 4) is 0 Å². The van der Waals surface area contributed by atoms with Gasteiger partial charge in [0.1, 0.15) is 0 Å². The fourth-order valence-corrected chi connectivity index (χ4v) is 1.14. The predicted molar refractivity (Wildman–Crippen MR) is 49.3 cm³/mol. The average molecular weight is 182 g/mol. The lowest BCUT2D eigenvalue weighted by Crippen LogP contribution is -2.13. The van der Waals surface area contributed by atoms with Crippen LogP contribution in [0.1, 0.15) is 12.0 Å².